The molecule has 1 aromatic carbocycles. The van der Waals surface area contributed by atoms with Gasteiger partial charge >= 0.3 is 0 Å². The first-order valence-electron chi connectivity index (χ1n) is 2.99. The molecule has 0 aromatic heterocycles. The van der Waals surface area contributed by atoms with Gasteiger partial charge in [0, 0.05) is 0 Å². The van der Waals surface area contributed by atoms with E-state index in [0.717, 1.165) is 12.1 Å². The summed E-state index contributed by atoms with van der Waals surface area (Å²) < 4.78 is 40.9. The molecule has 0 atom stereocenters. The molecule has 0 spiro atoms. The first kappa shape index (κ1) is 9.19. The second-order valence-electron chi connectivity index (χ2n) is 1.93. The standard InChI is InChI=1S/C7H4ClF3O/c8-4-1-2-5(10)6(11)7(4)12-3-9/h1-2H,3H2. The van der Waals surface area contributed by atoms with E-state index >= 15 is 0 Å². The Balaban J connectivity index is 3.14. The third kappa shape index (κ3) is 1.64. The van der Waals surface area contributed by atoms with Gasteiger partial charge in [-0.05, 0) is 12.1 Å². The highest BCUT2D eigenvalue weighted by molar-refractivity contribution is 6.32. The van der Waals surface area contributed by atoms with Gasteiger partial charge in [-0.25, -0.2) is 8.78 Å². The summed E-state index contributed by atoms with van der Waals surface area (Å²) in [4.78, 5) is 0. The minimum absolute atomic E-state index is 0.161. The molecule has 12 heavy (non-hydrogen) atoms. The maximum absolute atomic E-state index is 12.7. The minimum Gasteiger partial charge on any atom is -0.458 e. The molecular formula is C7H4ClF3O. The number of ether oxygens (including phenoxy) is 1. The van der Waals surface area contributed by atoms with Crippen LogP contribution in [0.2, 0.25) is 5.02 Å². The molecule has 1 aromatic rings. The van der Waals surface area contributed by atoms with Crippen molar-refractivity contribution in [1.29, 1.82) is 0 Å². The molecule has 0 saturated heterocycles. The Morgan fingerprint density at radius 3 is 2.58 bits per heavy atom. The van der Waals surface area contributed by atoms with Crippen molar-refractivity contribution >= 4 is 11.6 Å². The molecule has 1 rings (SSSR count). The number of alkyl halides is 1. The fourth-order valence-corrected chi connectivity index (χ4v) is 0.896. The average Bonchev–Trinajstić information content (AvgIpc) is 2.06. The lowest BCUT2D eigenvalue weighted by atomic mass is 10.3. The van der Waals surface area contributed by atoms with Gasteiger partial charge in [-0.3, -0.25) is 0 Å². The molecule has 0 unspecified atom stereocenters. The Bertz CT molecular complexity index is 290. The van der Waals surface area contributed by atoms with E-state index < -0.39 is 24.2 Å². The second-order valence-corrected chi connectivity index (χ2v) is 2.33. The van der Waals surface area contributed by atoms with Gasteiger partial charge in [-0.15, -0.1) is 0 Å². The average molecular weight is 197 g/mol. The van der Waals surface area contributed by atoms with E-state index in [1.54, 1.807) is 0 Å². The topological polar surface area (TPSA) is 9.23 Å². The highest BCUT2D eigenvalue weighted by Gasteiger charge is 2.13. The predicted molar refractivity (Wildman–Crippen MR) is 38.0 cm³/mol. The Morgan fingerprint density at radius 1 is 1.33 bits per heavy atom. The summed E-state index contributed by atoms with van der Waals surface area (Å²) in [7, 11) is 0. The number of hydrogen-bond donors (Lipinski definition) is 0. The van der Waals surface area contributed by atoms with Crippen molar-refractivity contribution in [2.45, 2.75) is 0 Å². The van der Waals surface area contributed by atoms with Crippen LogP contribution >= 0.6 is 11.6 Å². The third-order valence-electron chi connectivity index (χ3n) is 1.20. The van der Waals surface area contributed by atoms with Crippen LogP contribution in [0.1, 0.15) is 0 Å². The molecule has 0 aliphatic rings. The van der Waals surface area contributed by atoms with Crippen LogP contribution in [-0.2, 0) is 0 Å². The Kier molecular flexibility index (Phi) is 2.81. The van der Waals surface area contributed by atoms with Gasteiger partial charge in [0.2, 0.25) is 12.7 Å². The van der Waals surface area contributed by atoms with Crippen molar-refractivity contribution in [3.63, 3.8) is 0 Å². The zero-order valence-electron chi connectivity index (χ0n) is 5.78. The fraction of sp³-hybridized carbons (Fsp3) is 0.143. The summed E-state index contributed by atoms with van der Waals surface area (Å²) in [6.45, 7) is -1.25. The largest absolute Gasteiger partial charge is 0.458 e. The Labute approximate surface area is 71.7 Å². The van der Waals surface area contributed by atoms with Gasteiger partial charge in [0.15, 0.2) is 11.6 Å². The van der Waals surface area contributed by atoms with E-state index in [-0.39, 0.29) is 5.02 Å². The quantitative estimate of drug-likeness (QED) is 0.661. The molecule has 66 valence electrons. The summed E-state index contributed by atoms with van der Waals surface area (Å²) in [6, 6.07) is 1.92. The minimum atomic E-state index is -1.28. The van der Waals surface area contributed by atoms with E-state index in [1.165, 1.54) is 0 Å². The summed E-state index contributed by atoms with van der Waals surface area (Å²) in [5.74, 6) is -3.00. The van der Waals surface area contributed by atoms with Crippen molar-refractivity contribution in [3.8, 4) is 5.75 Å². The highest BCUT2D eigenvalue weighted by Crippen LogP contribution is 2.29. The molecule has 0 N–H and O–H groups in total. The Hall–Kier alpha value is -0.900. The van der Waals surface area contributed by atoms with Gasteiger partial charge in [-0.1, -0.05) is 11.6 Å². The fourth-order valence-electron chi connectivity index (χ4n) is 0.695. The monoisotopic (exact) mass is 196 g/mol. The molecule has 0 fully saturated rings. The van der Waals surface area contributed by atoms with Crippen molar-refractivity contribution in [1.82, 2.24) is 0 Å². The predicted octanol–water partition coefficient (Wildman–Crippen LogP) is 2.92. The van der Waals surface area contributed by atoms with E-state index in [0.29, 0.717) is 0 Å². The van der Waals surface area contributed by atoms with Crippen molar-refractivity contribution in [2.75, 3.05) is 6.86 Å². The molecule has 0 aliphatic carbocycles. The van der Waals surface area contributed by atoms with Crippen LogP contribution < -0.4 is 4.74 Å². The molecule has 0 radical (unpaired) electrons. The molecule has 0 amide bonds. The second kappa shape index (κ2) is 3.67. The normalized spacial score (nSPS) is 10.0. The molecule has 5 heteroatoms. The Morgan fingerprint density at radius 2 is 2.00 bits per heavy atom. The summed E-state index contributed by atoms with van der Waals surface area (Å²) in [6.07, 6.45) is 0. The van der Waals surface area contributed by atoms with Crippen molar-refractivity contribution < 1.29 is 17.9 Å². The number of halogens is 4. The van der Waals surface area contributed by atoms with E-state index in [9.17, 15) is 13.2 Å². The van der Waals surface area contributed by atoms with Gasteiger partial charge < -0.3 is 4.74 Å². The third-order valence-corrected chi connectivity index (χ3v) is 1.50. The van der Waals surface area contributed by atoms with Gasteiger partial charge in [-0.2, -0.15) is 4.39 Å². The lowest BCUT2D eigenvalue weighted by Crippen LogP contribution is -1.96. The zero-order chi connectivity index (χ0) is 9.14. The first-order valence-corrected chi connectivity index (χ1v) is 3.37. The van der Waals surface area contributed by atoms with E-state index in [4.69, 9.17) is 11.6 Å². The number of benzene rings is 1. The first-order chi connectivity index (χ1) is 5.66. The van der Waals surface area contributed by atoms with E-state index in [1.807, 2.05) is 0 Å². The summed E-state index contributed by atoms with van der Waals surface area (Å²) in [5, 5.41) is -0.161. The molecule has 0 bridgehead atoms. The molecule has 0 aliphatic heterocycles. The van der Waals surface area contributed by atoms with Gasteiger partial charge in [0.05, 0.1) is 5.02 Å². The van der Waals surface area contributed by atoms with Crippen LogP contribution in [0.5, 0.6) is 5.75 Å². The van der Waals surface area contributed by atoms with Crippen LogP contribution in [0.3, 0.4) is 0 Å². The molecule has 0 saturated carbocycles. The smallest absolute Gasteiger partial charge is 0.228 e. The summed E-state index contributed by atoms with van der Waals surface area (Å²) in [5.41, 5.74) is 0. The van der Waals surface area contributed by atoms with Crippen molar-refractivity contribution in [2.24, 2.45) is 0 Å². The zero-order valence-corrected chi connectivity index (χ0v) is 6.54. The molecule has 1 nitrogen and oxygen atoms in total. The lowest BCUT2D eigenvalue weighted by Gasteiger charge is -2.04. The van der Waals surface area contributed by atoms with Gasteiger partial charge in [0.1, 0.15) is 0 Å². The van der Waals surface area contributed by atoms with Gasteiger partial charge in [0.25, 0.3) is 0 Å². The van der Waals surface area contributed by atoms with Crippen LogP contribution in [0, 0.1) is 11.6 Å². The molecular weight excluding hydrogens is 193 g/mol. The van der Waals surface area contributed by atoms with Crippen LogP contribution in [-0.4, -0.2) is 6.86 Å². The highest BCUT2D eigenvalue weighted by atomic mass is 35.5. The van der Waals surface area contributed by atoms with Crippen LogP contribution in [0.25, 0.3) is 0 Å². The lowest BCUT2D eigenvalue weighted by molar-refractivity contribution is 0.182. The maximum atomic E-state index is 12.7. The van der Waals surface area contributed by atoms with Crippen LogP contribution in [0.4, 0.5) is 13.2 Å². The number of rotatable bonds is 2. The summed E-state index contributed by atoms with van der Waals surface area (Å²) >= 11 is 5.38. The maximum Gasteiger partial charge on any atom is 0.228 e. The van der Waals surface area contributed by atoms with Crippen LogP contribution in [0.15, 0.2) is 12.1 Å². The molecule has 0 heterocycles. The number of hydrogen-bond acceptors (Lipinski definition) is 1. The SMILES string of the molecule is FCOc1c(Cl)ccc(F)c1F. The van der Waals surface area contributed by atoms with E-state index in [2.05, 4.69) is 4.74 Å². The van der Waals surface area contributed by atoms with Crippen molar-refractivity contribution in [3.05, 3.63) is 28.8 Å².